The SMILES string of the molecule is NC(=O)c1ccncc1.NC(=O)c1ccncc1.NC(=O)c1ccncc1.NC(=O)c1ccncc1.O.O.O.O.O=C([O-])c1cccc(O)c1.O=C([O-])c1cccc(O)c1.O=C([O-])c1cccc(O)c1.O=C([O-])c1cccc(O)c1.[Cd+2].[Cd+2]. The van der Waals surface area contributed by atoms with Gasteiger partial charge in [0.2, 0.25) is 23.6 Å². The van der Waals surface area contributed by atoms with Crippen LogP contribution in [-0.4, -0.2) is 110 Å². The summed E-state index contributed by atoms with van der Waals surface area (Å²) in [5.74, 6) is -7.07. The molecule has 0 radical (unpaired) electrons. The summed E-state index contributed by atoms with van der Waals surface area (Å²) in [5, 5.41) is 75.6. The molecule has 0 aliphatic heterocycles. The summed E-state index contributed by atoms with van der Waals surface area (Å²) in [4.78, 5) is 97.0. The number of phenolic OH excluding ortho intramolecular Hbond substituents is 4. The third-order valence-electron chi connectivity index (χ3n) is 8.19. The van der Waals surface area contributed by atoms with Crippen molar-refractivity contribution in [1.29, 1.82) is 0 Å². The average molecular weight is 1330 g/mol. The number of hydrogen-bond donors (Lipinski definition) is 8. The number of aromatic carboxylic acids is 4. The van der Waals surface area contributed by atoms with Crippen LogP contribution in [0.4, 0.5) is 0 Å². The Morgan fingerprint density at radius 2 is 0.427 bits per heavy atom. The Kier molecular flexibility index (Phi) is 48.0. The van der Waals surface area contributed by atoms with Gasteiger partial charge in [-0.25, -0.2) is 0 Å². The van der Waals surface area contributed by atoms with Crippen LogP contribution in [0, 0.1) is 0 Å². The first-order valence-corrected chi connectivity index (χ1v) is 20.8. The molecule has 0 unspecified atom stereocenters. The minimum absolute atomic E-state index is 0. The number of hydrogen-bond acceptors (Lipinski definition) is 20. The molecule has 0 spiro atoms. The zero-order chi connectivity index (χ0) is 57.0. The van der Waals surface area contributed by atoms with E-state index in [2.05, 4.69) is 19.9 Å². The zero-order valence-electron chi connectivity index (χ0n) is 42.7. The fourth-order valence-corrected chi connectivity index (χ4v) is 4.60. The molecule has 4 aromatic carbocycles. The van der Waals surface area contributed by atoms with Gasteiger partial charge >= 0.3 is 54.6 Å². The van der Waals surface area contributed by atoms with Crippen LogP contribution in [0.5, 0.6) is 23.0 Å². The fraction of sp³-hybridized carbons (Fsp3) is 0. The molecule has 82 heavy (non-hydrogen) atoms. The van der Waals surface area contributed by atoms with Gasteiger partial charge in [-0.05, 0) is 97.1 Å². The number of nitrogens with two attached hydrogens (primary N) is 4. The Bertz CT molecular complexity index is 2720. The number of aromatic hydroxyl groups is 4. The molecule has 28 nitrogen and oxygen atoms in total. The first-order chi connectivity index (χ1) is 36.0. The summed E-state index contributed by atoms with van der Waals surface area (Å²) in [6.07, 6.45) is 12.2. The van der Waals surface area contributed by atoms with E-state index in [1.165, 1.54) is 122 Å². The zero-order valence-corrected chi connectivity index (χ0v) is 50.7. The molecular weight excluding hydrogens is 1280 g/mol. The Morgan fingerprint density at radius 1 is 0.280 bits per heavy atom. The molecule has 20 N–H and O–H groups in total. The number of rotatable bonds is 8. The smallest absolute Gasteiger partial charge is 0.545 e. The average Bonchev–Trinajstić information content (AvgIpc) is 3.41. The first kappa shape index (κ1) is 83.4. The minimum Gasteiger partial charge on any atom is -0.545 e. The number of carboxylic acid groups (broad SMARTS) is 4. The molecule has 30 heteroatoms. The van der Waals surface area contributed by atoms with Gasteiger partial charge in [-0.2, -0.15) is 0 Å². The molecular formula is C52H52Cd2N8O20. The third-order valence-corrected chi connectivity index (χ3v) is 8.19. The van der Waals surface area contributed by atoms with Gasteiger partial charge < -0.3 is 105 Å². The number of phenols is 4. The van der Waals surface area contributed by atoms with E-state index in [9.17, 15) is 58.8 Å². The van der Waals surface area contributed by atoms with Crippen molar-refractivity contribution in [2.75, 3.05) is 0 Å². The summed E-state index contributed by atoms with van der Waals surface area (Å²) in [6, 6.07) is 33.9. The van der Waals surface area contributed by atoms with Crippen LogP contribution in [0.1, 0.15) is 82.9 Å². The third kappa shape index (κ3) is 37.8. The normalized spacial score (nSPS) is 8.39. The molecule has 0 aliphatic rings. The van der Waals surface area contributed by atoms with E-state index in [0.717, 1.165) is 24.3 Å². The molecule has 0 aliphatic carbocycles. The van der Waals surface area contributed by atoms with Crippen LogP contribution in [0.25, 0.3) is 0 Å². The van der Waals surface area contributed by atoms with Crippen LogP contribution >= 0.6 is 0 Å². The summed E-state index contributed by atoms with van der Waals surface area (Å²) in [5.41, 5.74) is 21.7. The molecule has 0 atom stereocenters. The molecule has 0 bridgehead atoms. The number of benzene rings is 4. The molecule has 4 aromatic heterocycles. The maximum Gasteiger partial charge on any atom is 2.00 e. The van der Waals surface area contributed by atoms with Crippen molar-refractivity contribution >= 4 is 47.5 Å². The van der Waals surface area contributed by atoms with E-state index in [0.29, 0.717) is 22.3 Å². The summed E-state index contributed by atoms with van der Waals surface area (Å²) in [7, 11) is 0. The van der Waals surface area contributed by atoms with Crippen LogP contribution < -0.4 is 43.4 Å². The Morgan fingerprint density at radius 3 is 0.512 bits per heavy atom. The number of primary amides is 4. The minimum atomic E-state index is -1.28. The van der Waals surface area contributed by atoms with Crippen LogP contribution in [0.15, 0.2) is 195 Å². The van der Waals surface area contributed by atoms with Crippen LogP contribution in [-0.2, 0) is 54.6 Å². The molecule has 424 valence electrons. The first-order valence-electron chi connectivity index (χ1n) is 20.8. The second-order valence-electron chi connectivity index (χ2n) is 13.8. The van der Waals surface area contributed by atoms with E-state index in [4.69, 9.17) is 43.4 Å². The van der Waals surface area contributed by atoms with Gasteiger partial charge in [0.25, 0.3) is 0 Å². The number of pyridine rings is 4. The van der Waals surface area contributed by atoms with Gasteiger partial charge in [0.1, 0.15) is 23.0 Å². The van der Waals surface area contributed by atoms with Gasteiger partial charge in [-0.3, -0.25) is 39.1 Å². The second-order valence-corrected chi connectivity index (χ2v) is 13.8. The van der Waals surface area contributed by atoms with Crippen LogP contribution in [0.2, 0.25) is 0 Å². The maximum absolute atomic E-state index is 10.4. The van der Waals surface area contributed by atoms with Gasteiger partial charge in [0.05, 0.1) is 23.9 Å². The van der Waals surface area contributed by atoms with E-state index in [-0.39, 0.29) is 122 Å². The van der Waals surface area contributed by atoms with Gasteiger partial charge in [-0.15, -0.1) is 0 Å². The molecule has 8 aromatic rings. The van der Waals surface area contributed by atoms with E-state index >= 15 is 0 Å². The Labute approximate surface area is 505 Å². The molecule has 4 amide bonds. The molecule has 0 saturated carbocycles. The number of carboxylic acids is 4. The van der Waals surface area contributed by atoms with Crippen molar-refractivity contribution in [2.24, 2.45) is 22.9 Å². The topological polar surface area (TPSA) is 591 Å². The monoisotopic (exact) mass is 1340 g/mol. The Hall–Kier alpha value is -9.88. The summed E-state index contributed by atoms with van der Waals surface area (Å²) in [6.45, 7) is 0. The van der Waals surface area contributed by atoms with Crippen molar-refractivity contribution in [3.05, 3.63) is 240 Å². The number of aromatic nitrogens is 4. The van der Waals surface area contributed by atoms with E-state index in [1.54, 1.807) is 48.5 Å². The predicted molar refractivity (Wildman–Crippen MR) is 275 cm³/mol. The number of carbonyl (C=O) groups excluding carboxylic acids is 8. The molecule has 0 fully saturated rings. The number of amides is 4. The van der Waals surface area contributed by atoms with Gasteiger partial charge in [0, 0.05) is 94.1 Å². The Balaban J connectivity index is -0.000000199. The van der Waals surface area contributed by atoms with Crippen molar-refractivity contribution < 1.29 is 156 Å². The van der Waals surface area contributed by atoms with Crippen molar-refractivity contribution in [2.45, 2.75) is 0 Å². The number of carbonyl (C=O) groups is 8. The molecule has 0 saturated heterocycles. The van der Waals surface area contributed by atoms with Crippen molar-refractivity contribution in [3.8, 4) is 23.0 Å². The van der Waals surface area contributed by atoms with E-state index < -0.39 is 47.5 Å². The molecule has 4 heterocycles. The largest absolute Gasteiger partial charge is 2.00 e. The maximum atomic E-state index is 10.4. The van der Waals surface area contributed by atoms with Crippen LogP contribution in [0.3, 0.4) is 0 Å². The molecule has 8 rings (SSSR count). The van der Waals surface area contributed by atoms with Gasteiger partial charge in [0.15, 0.2) is 0 Å². The fourth-order valence-electron chi connectivity index (χ4n) is 4.60. The van der Waals surface area contributed by atoms with Gasteiger partial charge in [-0.1, -0.05) is 48.5 Å². The predicted octanol–water partition coefficient (Wildman–Crippen LogP) is -3.56. The number of nitrogens with zero attached hydrogens (tertiary/aromatic N) is 4. The quantitative estimate of drug-likeness (QED) is 0.0683. The second kappa shape index (κ2) is 47.2. The van der Waals surface area contributed by atoms with Crippen molar-refractivity contribution in [1.82, 2.24) is 19.9 Å². The summed E-state index contributed by atoms with van der Waals surface area (Å²) < 4.78 is 0. The standard InChI is InChI=1S/4C7H6O3.4C6H6N2O.2Cd.4H2O/c4*8-6-3-1-2-5(4-6)7(9)10;4*7-6(9)5-1-3-8-4-2-5;;;;;;/h4*1-4,8H,(H,9,10);4*1-4H,(H2,7,9);;;4*1H2/q;;;;;;;;2*+2;;;;/p-4. The summed E-state index contributed by atoms with van der Waals surface area (Å²) >= 11 is 0. The van der Waals surface area contributed by atoms with E-state index in [1.807, 2.05) is 0 Å². The van der Waals surface area contributed by atoms with Crippen molar-refractivity contribution in [3.63, 3.8) is 0 Å².